The predicted molar refractivity (Wildman–Crippen MR) is 96.8 cm³/mol. The molecule has 2 fully saturated rings. The number of amides is 1. The number of hydrogen-bond acceptors (Lipinski definition) is 6. The third kappa shape index (κ3) is 3.17. The summed E-state index contributed by atoms with van der Waals surface area (Å²) in [5.41, 5.74) is -0.898. The molecule has 1 spiro atoms. The standard InChI is InChI=1S/C18H22N4O5/c1-11-9-22(10-18(27-11)3-5-26-6-4-18)16(24)12-7-13-14(19-8-12)21(2)17(25)20-15(13)23/h7-8,11H,3-6,9-10H2,1-2H3,(H,20,23,25). The minimum atomic E-state index is -0.550. The largest absolute Gasteiger partial charge is 0.381 e. The van der Waals surface area contributed by atoms with Gasteiger partial charge in [-0.3, -0.25) is 19.1 Å². The first-order chi connectivity index (χ1) is 12.9. The smallest absolute Gasteiger partial charge is 0.329 e. The van der Waals surface area contributed by atoms with Crippen LogP contribution in [0.1, 0.15) is 30.1 Å². The second-order valence-electron chi connectivity index (χ2n) is 7.32. The Morgan fingerprint density at radius 1 is 1.33 bits per heavy atom. The molecule has 1 atom stereocenters. The van der Waals surface area contributed by atoms with E-state index in [1.807, 2.05) is 6.92 Å². The van der Waals surface area contributed by atoms with E-state index in [0.29, 0.717) is 31.9 Å². The van der Waals surface area contributed by atoms with Gasteiger partial charge < -0.3 is 14.4 Å². The van der Waals surface area contributed by atoms with Gasteiger partial charge in [-0.15, -0.1) is 0 Å². The second kappa shape index (κ2) is 6.58. The van der Waals surface area contributed by atoms with Crippen LogP contribution < -0.4 is 11.2 Å². The Bertz CT molecular complexity index is 1000. The summed E-state index contributed by atoms with van der Waals surface area (Å²) in [7, 11) is 1.52. The van der Waals surface area contributed by atoms with Gasteiger partial charge in [-0.2, -0.15) is 0 Å². The van der Waals surface area contributed by atoms with E-state index in [2.05, 4.69) is 9.97 Å². The van der Waals surface area contributed by atoms with E-state index in [0.717, 1.165) is 12.8 Å². The van der Waals surface area contributed by atoms with Crippen molar-refractivity contribution in [2.45, 2.75) is 31.5 Å². The Hall–Kier alpha value is -2.52. The Kier molecular flexibility index (Phi) is 4.35. The number of rotatable bonds is 1. The van der Waals surface area contributed by atoms with Gasteiger partial charge >= 0.3 is 5.69 Å². The molecule has 2 saturated heterocycles. The summed E-state index contributed by atoms with van der Waals surface area (Å²) in [6.07, 6.45) is 2.83. The van der Waals surface area contributed by atoms with Crippen LogP contribution in [0.15, 0.2) is 21.9 Å². The van der Waals surface area contributed by atoms with E-state index >= 15 is 0 Å². The first-order valence-corrected chi connectivity index (χ1v) is 9.02. The molecule has 2 aliphatic heterocycles. The lowest BCUT2D eigenvalue weighted by Crippen LogP contribution is -2.58. The average Bonchev–Trinajstić information content (AvgIpc) is 2.65. The molecule has 2 aromatic rings. The zero-order chi connectivity index (χ0) is 19.2. The number of nitrogens with zero attached hydrogens (tertiary/aromatic N) is 3. The molecule has 144 valence electrons. The summed E-state index contributed by atoms with van der Waals surface area (Å²) in [4.78, 5) is 45.1. The maximum absolute atomic E-state index is 13.1. The van der Waals surface area contributed by atoms with Crippen LogP contribution >= 0.6 is 0 Å². The lowest BCUT2D eigenvalue weighted by molar-refractivity contribution is -0.176. The third-order valence-corrected chi connectivity index (χ3v) is 5.30. The van der Waals surface area contributed by atoms with Crippen molar-refractivity contribution in [3.8, 4) is 0 Å². The predicted octanol–water partition coefficient (Wildman–Crippen LogP) is 0.0319. The van der Waals surface area contributed by atoms with Crippen LogP contribution in [-0.2, 0) is 16.5 Å². The van der Waals surface area contributed by atoms with Crippen LogP contribution in [-0.4, -0.2) is 63.4 Å². The van der Waals surface area contributed by atoms with Crippen molar-refractivity contribution in [1.82, 2.24) is 19.4 Å². The molecule has 0 aromatic carbocycles. The summed E-state index contributed by atoms with van der Waals surface area (Å²) < 4.78 is 12.9. The first kappa shape index (κ1) is 17.9. The van der Waals surface area contributed by atoms with Gasteiger partial charge in [0.1, 0.15) is 5.65 Å². The monoisotopic (exact) mass is 374 g/mol. The van der Waals surface area contributed by atoms with E-state index in [1.54, 1.807) is 4.90 Å². The van der Waals surface area contributed by atoms with Crippen molar-refractivity contribution in [3.05, 3.63) is 38.7 Å². The number of H-pyrrole nitrogens is 1. The van der Waals surface area contributed by atoms with Gasteiger partial charge in [0.05, 0.1) is 29.2 Å². The lowest BCUT2D eigenvalue weighted by atomic mass is 9.91. The van der Waals surface area contributed by atoms with Crippen LogP contribution in [0.4, 0.5) is 0 Å². The topological polar surface area (TPSA) is 107 Å². The molecule has 0 saturated carbocycles. The van der Waals surface area contributed by atoms with Crippen LogP contribution in [0.3, 0.4) is 0 Å². The molecule has 9 nitrogen and oxygen atoms in total. The fourth-order valence-electron chi connectivity index (χ4n) is 3.93. The highest BCUT2D eigenvalue weighted by Gasteiger charge is 2.42. The van der Waals surface area contributed by atoms with Crippen molar-refractivity contribution >= 4 is 16.9 Å². The van der Waals surface area contributed by atoms with Gasteiger partial charge in [-0.25, -0.2) is 9.78 Å². The maximum Gasteiger partial charge on any atom is 0.329 e. The summed E-state index contributed by atoms with van der Waals surface area (Å²) in [6, 6.07) is 1.50. The summed E-state index contributed by atoms with van der Waals surface area (Å²) in [5.74, 6) is -0.196. The number of morpholine rings is 1. The molecule has 2 aliphatic rings. The Labute approximate surface area is 154 Å². The van der Waals surface area contributed by atoms with E-state index in [-0.39, 0.29) is 28.6 Å². The number of carbonyl (C=O) groups is 1. The molecule has 1 N–H and O–H groups in total. The van der Waals surface area contributed by atoms with Crippen molar-refractivity contribution in [2.75, 3.05) is 26.3 Å². The van der Waals surface area contributed by atoms with Crippen molar-refractivity contribution < 1.29 is 14.3 Å². The number of carbonyl (C=O) groups excluding carboxylic acids is 1. The summed E-state index contributed by atoms with van der Waals surface area (Å²) in [6.45, 7) is 4.16. The minimum absolute atomic E-state index is 0.0848. The highest BCUT2D eigenvalue weighted by molar-refractivity contribution is 5.96. The highest BCUT2D eigenvalue weighted by atomic mass is 16.5. The fraction of sp³-hybridized carbons (Fsp3) is 0.556. The number of fused-ring (bicyclic) bond motifs is 1. The van der Waals surface area contributed by atoms with Crippen LogP contribution in [0, 0.1) is 0 Å². The SMILES string of the molecule is CC1CN(C(=O)c2cnc3c(c2)c(=O)[nH]c(=O)n3C)CC2(CCOCC2)O1. The van der Waals surface area contributed by atoms with Gasteiger partial charge in [0, 0.05) is 45.8 Å². The van der Waals surface area contributed by atoms with E-state index in [1.165, 1.54) is 23.9 Å². The Morgan fingerprint density at radius 3 is 2.81 bits per heavy atom. The molecule has 1 unspecified atom stereocenters. The maximum atomic E-state index is 13.1. The lowest BCUT2D eigenvalue weighted by Gasteiger charge is -2.47. The van der Waals surface area contributed by atoms with E-state index in [4.69, 9.17) is 9.47 Å². The van der Waals surface area contributed by atoms with Crippen molar-refractivity contribution in [2.24, 2.45) is 7.05 Å². The van der Waals surface area contributed by atoms with E-state index in [9.17, 15) is 14.4 Å². The zero-order valence-electron chi connectivity index (χ0n) is 15.4. The average molecular weight is 374 g/mol. The van der Waals surface area contributed by atoms with Gasteiger partial charge in [-0.05, 0) is 13.0 Å². The number of aromatic amines is 1. The van der Waals surface area contributed by atoms with Gasteiger partial charge in [0.25, 0.3) is 11.5 Å². The minimum Gasteiger partial charge on any atom is -0.381 e. The third-order valence-electron chi connectivity index (χ3n) is 5.30. The number of nitrogens with one attached hydrogen (secondary N) is 1. The van der Waals surface area contributed by atoms with Crippen LogP contribution in [0.2, 0.25) is 0 Å². The molecular formula is C18H22N4O5. The van der Waals surface area contributed by atoms with Gasteiger partial charge in [-0.1, -0.05) is 0 Å². The van der Waals surface area contributed by atoms with E-state index < -0.39 is 11.2 Å². The molecule has 4 rings (SSSR count). The molecule has 0 aliphatic carbocycles. The number of pyridine rings is 1. The Morgan fingerprint density at radius 2 is 2.07 bits per heavy atom. The van der Waals surface area contributed by atoms with Crippen molar-refractivity contribution in [3.63, 3.8) is 0 Å². The number of aromatic nitrogens is 3. The highest BCUT2D eigenvalue weighted by Crippen LogP contribution is 2.32. The quantitative estimate of drug-likeness (QED) is 0.755. The van der Waals surface area contributed by atoms with Gasteiger partial charge in [0.2, 0.25) is 0 Å². The fourth-order valence-corrected chi connectivity index (χ4v) is 3.93. The van der Waals surface area contributed by atoms with Crippen LogP contribution in [0.5, 0.6) is 0 Å². The molecule has 0 radical (unpaired) electrons. The first-order valence-electron chi connectivity index (χ1n) is 9.02. The molecule has 1 amide bonds. The molecule has 2 aromatic heterocycles. The Balaban J connectivity index is 1.68. The number of aryl methyl sites for hydroxylation is 1. The second-order valence-corrected chi connectivity index (χ2v) is 7.32. The molecule has 0 bridgehead atoms. The summed E-state index contributed by atoms with van der Waals surface area (Å²) >= 11 is 0. The molecule has 27 heavy (non-hydrogen) atoms. The summed E-state index contributed by atoms with van der Waals surface area (Å²) in [5, 5.41) is 0.213. The molecular weight excluding hydrogens is 352 g/mol. The molecule has 9 heteroatoms. The number of ether oxygens (including phenoxy) is 2. The van der Waals surface area contributed by atoms with Gasteiger partial charge in [0.15, 0.2) is 0 Å². The van der Waals surface area contributed by atoms with Crippen LogP contribution in [0.25, 0.3) is 11.0 Å². The number of hydrogen-bond donors (Lipinski definition) is 1. The zero-order valence-corrected chi connectivity index (χ0v) is 15.4. The normalized spacial score (nSPS) is 22.3. The molecule has 4 heterocycles. The van der Waals surface area contributed by atoms with Crippen molar-refractivity contribution in [1.29, 1.82) is 0 Å².